The molecule has 19 heavy (non-hydrogen) atoms. The summed E-state index contributed by atoms with van der Waals surface area (Å²) in [4.78, 5) is 6.81. The third-order valence-electron chi connectivity index (χ3n) is 4.08. The minimum atomic E-state index is 0.389. The minimum Gasteiger partial charge on any atom is -0.375 e. The quantitative estimate of drug-likeness (QED) is 0.781. The number of ether oxygens (including phenoxy) is 1. The van der Waals surface area contributed by atoms with Gasteiger partial charge in [-0.2, -0.15) is 0 Å². The Morgan fingerprint density at radius 2 is 2.11 bits per heavy atom. The van der Waals surface area contributed by atoms with E-state index in [2.05, 4.69) is 9.88 Å². The fourth-order valence-electron chi connectivity index (χ4n) is 3.13. The summed E-state index contributed by atoms with van der Waals surface area (Å²) in [5, 5.41) is 1.20. The van der Waals surface area contributed by atoms with Gasteiger partial charge in [-0.05, 0) is 25.0 Å². The van der Waals surface area contributed by atoms with Gasteiger partial charge in [-0.15, -0.1) is 0 Å². The molecule has 0 spiro atoms. The summed E-state index contributed by atoms with van der Waals surface area (Å²) in [6.07, 6.45) is 5.35. The summed E-state index contributed by atoms with van der Waals surface area (Å²) in [5.41, 5.74) is 0.875. The van der Waals surface area contributed by atoms with E-state index < -0.39 is 0 Å². The fraction of sp³-hybridized carbons (Fsp3) is 0.643. The van der Waals surface area contributed by atoms with Gasteiger partial charge in [-0.25, -0.2) is 4.98 Å². The Balaban J connectivity index is 1.75. The van der Waals surface area contributed by atoms with Crippen molar-refractivity contribution in [3.63, 3.8) is 0 Å². The van der Waals surface area contributed by atoms with Gasteiger partial charge >= 0.3 is 0 Å². The molecule has 2 unspecified atom stereocenters. The fourth-order valence-corrected chi connectivity index (χ4v) is 3.46. The van der Waals surface area contributed by atoms with Gasteiger partial charge in [0.05, 0.1) is 23.4 Å². The molecule has 0 aromatic carbocycles. The highest BCUT2D eigenvalue weighted by Crippen LogP contribution is 2.30. The molecule has 1 aromatic rings. The molecule has 1 saturated carbocycles. The normalized spacial score (nSPS) is 28.1. The van der Waals surface area contributed by atoms with E-state index >= 15 is 0 Å². The van der Waals surface area contributed by atoms with E-state index in [0.29, 0.717) is 22.3 Å². The lowest BCUT2D eigenvalue weighted by Crippen LogP contribution is -2.52. The molecule has 2 heterocycles. The van der Waals surface area contributed by atoms with Gasteiger partial charge in [0.25, 0.3) is 0 Å². The molecule has 0 bridgehead atoms. The first kappa shape index (κ1) is 13.6. The monoisotopic (exact) mass is 300 g/mol. The molecule has 0 radical (unpaired) electrons. The number of hydrogen-bond donors (Lipinski definition) is 0. The zero-order valence-electron chi connectivity index (χ0n) is 10.8. The van der Waals surface area contributed by atoms with Crippen LogP contribution in [0.1, 0.15) is 31.4 Å². The molecule has 2 aliphatic rings. The van der Waals surface area contributed by atoms with Crippen molar-refractivity contribution in [2.75, 3.05) is 13.2 Å². The van der Waals surface area contributed by atoms with Crippen molar-refractivity contribution in [1.82, 2.24) is 9.88 Å². The van der Waals surface area contributed by atoms with Crippen LogP contribution in [0.2, 0.25) is 10.2 Å². The molecular formula is C14H18Cl2N2O. The summed E-state index contributed by atoms with van der Waals surface area (Å²) in [6.45, 7) is 2.52. The molecule has 0 amide bonds. The number of fused-ring (bicyclic) bond motifs is 1. The van der Waals surface area contributed by atoms with Crippen LogP contribution in [-0.4, -0.2) is 35.2 Å². The van der Waals surface area contributed by atoms with Gasteiger partial charge in [0.1, 0.15) is 5.15 Å². The zero-order chi connectivity index (χ0) is 13.2. The summed E-state index contributed by atoms with van der Waals surface area (Å²) < 4.78 is 5.88. The summed E-state index contributed by atoms with van der Waals surface area (Å²) in [6, 6.07) is 4.07. The Labute approximate surface area is 123 Å². The molecule has 104 valence electrons. The highest BCUT2D eigenvalue weighted by molar-refractivity contribution is 6.32. The van der Waals surface area contributed by atoms with Crippen molar-refractivity contribution < 1.29 is 4.74 Å². The Kier molecular flexibility index (Phi) is 4.27. The van der Waals surface area contributed by atoms with Crippen molar-refractivity contribution in [1.29, 1.82) is 0 Å². The number of morpholine rings is 1. The van der Waals surface area contributed by atoms with E-state index in [-0.39, 0.29) is 0 Å². The van der Waals surface area contributed by atoms with Gasteiger partial charge in [-0.3, -0.25) is 4.90 Å². The number of nitrogens with zero attached hydrogens (tertiary/aromatic N) is 2. The summed E-state index contributed by atoms with van der Waals surface area (Å²) >= 11 is 12.2. The van der Waals surface area contributed by atoms with Crippen LogP contribution in [0.3, 0.4) is 0 Å². The lowest BCUT2D eigenvalue weighted by molar-refractivity contribution is -0.0914. The number of rotatable bonds is 2. The van der Waals surface area contributed by atoms with Crippen LogP contribution in [0.25, 0.3) is 0 Å². The third-order valence-corrected chi connectivity index (χ3v) is 4.64. The average molecular weight is 301 g/mol. The molecular weight excluding hydrogens is 283 g/mol. The first-order valence-corrected chi connectivity index (χ1v) is 7.66. The predicted molar refractivity (Wildman–Crippen MR) is 76.7 cm³/mol. The predicted octanol–water partition coefficient (Wildman–Crippen LogP) is 3.53. The van der Waals surface area contributed by atoms with Gasteiger partial charge < -0.3 is 4.74 Å². The molecule has 1 aliphatic heterocycles. The Hall–Kier alpha value is -0.350. The van der Waals surface area contributed by atoms with E-state index in [4.69, 9.17) is 27.9 Å². The lowest BCUT2D eigenvalue weighted by Gasteiger charge is -2.43. The largest absolute Gasteiger partial charge is 0.375 e. The van der Waals surface area contributed by atoms with E-state index in [9.17, 15) is 0 Å². The first-order valence-electron chi connectivity index (χ1n) is 6.90. The van der Waals surface area contributed by atoms with Crippen LogP contribution in [0.15, 0.2) is 12.1 Å². The van der Waals surface area contributed by atoms with E-state index in [0.717, 1.165) is 25.4 Å². The number of hydrogen-bond acceptors (Lipinski definition) is 3. The molecule has 0 N–H and O–H groups in total. The maximum atomic E-state index is 6.21. The van der Waals surface area contributed by atoms with Crippen molar-refractivity contribution in [3.8, 4) is 0 Å². The highest BCUT2D eigenvalue weighted by atomic mass is 35.5. The Morgan fingerprint density at radius 3 is 3.00 bits per heavy atom. The standard InChI is InChI=1S/C14H18Cl2N2O/c15-10-5-6-14(16)17-11(10)9-18-7-8-19-13-4-2-1-3-12(13)18/h5-6,12-13H,1-4,7-9H2. The molecule has 3 rings (SSSR count). The van der Waals surface area contributed by atoms with Crippen LogP contribution in [-0.2, 0) is 11.3 Å². The zero-order valence-corrected chi connectivity index (χ0v) is 12.3. The van der Waals surface area contributed by atoms with Crippen molar-refractivity contribution in [3.05, 3.63) is 28.0 Å². The molecule has 1 aliphatic carbocycles. The topological polar surface area (TPSA) is 25.4 Å². The number of pyridine rings is 1. The minimum absolute atomic E-state index is 0.389. The molecule has 2 atom stereocenters. The first-order chi connectivity index (χ1) is 9.24. The number of aromatic nitrogens is 1. The second-order valence-electron chi connectivity index (χ2n) is 5.29. The average Bonchev–Trinajstić information content (AvgIpc) is 2.43. The van der Waals surface area contributed by atoms with E-state index in [1.165, 1.54) is 25.7 Å². The van der Waals surface area contributed by atoms with Gasteiger partial charge in [-0.1, -0.05) is 36.0 Å². The SMILES string of the molecule is Clc1ccc(Cl)c(CN2CCOC3CCCCC32)n1. The Morgan fingerprint density at radius 1 is 1.26 bits per heavy atom. The summed E-state index contributed by atoms with van der Waals surface area (Å²) in [5.74, 6) is 0. The molecule has 2 fully saturated rings. The highest BCUT2D eigenvalue weighted by Gasteiger charge is 2.34. The van der Waals surface area contributed by atoms with E-state index in [1.807, 2.05) is 6.07 Å². The molecule has 1 aromatic heterocycles. The van der Waals surface area contributed by atoms with Crippen LogP contribution < -0.4 is 0 Å². The second-order valence-corrected chi connectivity index (χ2v) is 6.09. The van der Waals surface area contributed by atoms with Gasteiger partial charge in [0.15, 0.2) is 0 Å². The van der Waals surface area contributed by atoms with Crippen molar-refractivity contribution >= 4 is 23.2 Å². The van der Waals surface area contributed by atoms with Crippen LogP contribution in [0.5, 0.6) is 0 Å². The Bertz CT molecular complexity index is 453. The summed E-state index contributed by atoms with van der Waals surface area (Å²) in [7, 11) is 0. The van der Waals surface area contributed by atoms with Crippen LogP contribution >= 0.6 is 23.2 Å². The van der Waals surface area contributed by atoms with Crippen LogP contribution in [0.4, 0.5) is 0 Å². The molecule has 5 heteroatoms. The second kappa shape index (κ2) is 5.96. The lowest BCUT2D eigenvalue weighted by atomic mass is 9.90. The van der Waals surface area contributed by atoms with Gasteiger partial charge in [0.2, 0.25) is 0 Å². The van der Waals surface area contributed by atoms with E-state index in [1.54, 1.807) is 6.07 Å². The third kappa shape index (κ3) is 3.05. The molecule has 3 nitrogen and oxygen atoms in total. The van der Waals surface area contributed by atoms with Crippen LogP contribution in [0, 0.1) is 0 Å². The smallest absolute Gasteiger partial charge is 0.129 e. The number of halogens is 2. The maximum absolute atomic E-state index is 6.21. The maximum Gasteiger partial charge on any atom is 0.129 e. The molecule has 1 saturated heterocycles. The van der Waals surface area contributed by atoms with Crippen molar-refractivity contribution in [2.45, 2.75) is 44.4 Å². The van der Waals surface area contributed by atoms with Gasteiger partial charge in [0, 0.05) is 19.1 Å². The van der Waals surface area contributed by atoms with Crippen molar-refractivity contribution in [2.24, 2.45) is 0 Å².